The Hall–Kier alpha value is -1.88. The lowest BCUT2D eigenvalue weighted by Crippen LogP contribution is -2.50. The van der Waals surface area contributed by atoms with Crippen LogP contribution in [0.25, 0.3) is 0 Å². The second kappa shape index (κ2) is 8.54. The molecule has 2 amide bonds. The van der Waals surface area contributed by atoms with Crippen molar-refractivity contribution in [3.05, 3.63) is 35.9 Å². The Kier molecular flexibility index (Phi) is 6.40. The first kappa shape index (κ1) is 16.5. The summed E-state index contributed by atoms with van der Waals surface area (Å²) in [7, 11) is 0. The predicted molar refractivity (Wildman–Crippen MR) is 83.8 cm³/mol. The maximum Gasteiger partial charge on any atom is 0.246 e. The van der Waals surface area contributed by atoms with Gasteiger partial charge in [0, 0.05) is 0 Å². The smallest absolute Gasteiger partial charge is 0.246 e. The maximum atomic E-state index is 11.9. The minimum Gasteiger partial charge on any atom is -0.368 e. The number of carbonyl (C=O) groups excluding carboxylic acids is 2. The van der Waals surface area contributed by atoms with Crippen molar-refractivity contribution in [2.45, 2.75) is 44.8 Å². The van der Waals surface area contributed by atoms with Crippen molar-refractivity contribution < 1.29 is 14.3 Å². The summed E-state index contributed by atoms with van der Waals surface area (Å²) in [6.07, 6.45) is 5.26. The van der Waals surface area contributed by atoms with Crippen molar-refractivity contribution in [3.8, 4) is 0 Å². The first-order valence-electron chi connectivity index (χ1n) is 7.87. The molecule has 0 saturated heterocycles. The van der Waals surface area contributed by atoms with Gasteiger partial charge >= 0.3 is 0 Å². The van der Waals surface area contributed by atoms with E-state index in [1.165, 1.54) is 6.42 Å². The zero-order chi connectivity index (χ0) is 15.8. The summed E-state index contributed by atoms with van der Waals surface area (Å²) in [5.74, 6) is -0.585. The first-order valence-corrected chi connectivity index (χ1v) is 7.87. The summed E-state index contributed by atoms with van der Waals surface area (Å²) in [5.41, 5.74) is 6.45. The molecule has 5 nitrogen and oxygen atoms in total. The number of amides is 2. The molecule has 0 bridgehead atoms. The highest BCUT2D eigenvalue weighted by atomic mass is 16.5. The third-order valence-corrected chi connectivity index (χ3v) is 4.09. The highest BCUT2D eigenvalue weighted by Gasteiger charge is 2.29. The molecule has 0 aliphatic heterocycles. The van der Waals surface area contributed by atoms with E-state index >= 15 is 0 Å². The Labute approximate surface area is 131 Å². The minimum atomic E-state index is -0.576. The van der Waals surface area contributed by atoms with Crippen LogP contribution in [0.1, 0.15) is 37.7 Å². The number of hydrogen-bond acceptors (Lipinski definition) is 3. The lowest BCUT2D eigenvalue weighted by Gasteiger charge is -2.28. The third-order valence-electron chi connectivity index (χ3n) is 4.09. The Morgan fingerprint density at radius 1 is 1.18 bits per heavy atom. The summed E-state index contributed by atoms with van der Waals surface area (Å²) < 4.78 is 5.39. The van der Waals surface area contributed by atoms with Crippen LogP contribution in [0.4, 0.5) is 0 Å². The molecule has 3 N–H and O–H groups in total. The molecule has 1 aromatic carbocycles. The lowest BCUT2D eigenvalue weighted by atomic mass is 9.83. The van der Waals surface area contributed by atoms with Crippen LogP contribution < -0.4 is 11.1 Å². The molecule has 1 saturated carbocycles. The van der Waals surface area contributed by atoms with Crippen LogP contribution in [0, 0.1) is 5.92 Å². The zero-order valence-electron chi connectivity index (χ0n) is 12.8. The largest absolute Gasteiger partial charge is 0.368 e. The highest BCUT2D eigenvalue weighted by molar-refractivity contribution is 5.87. The van der Waals surface area contributed by atoms with E-state index in [0.717, 1.165) is 31.2 Å². The Morgan fingerprint density at radius 3 is 2.50 bits per heavy atom. The van der Waals surface area contributed by atoms with E-state index in [1.54, 1.807) is 0 Å². The van der Waals surface area contributed by atoms with Crippen molar-refractivity contribution in [1.29, 1.82) is 0 Å². The normalized spacial score (nSPS) is 16.9. The Bertz CT molecular complexity index is 484. The van der Waals surface area contributed by atoms with Crippen LogP contribution in [0.3, 0.4) is 0 Å². The van der Waals surface area contributed by atoms with Gasteiger partial charge in [-0.1, -0.05) is 49.6 Å². The van der Waals surface area contributed by atoms with E-state index in [-0.39, 0.29) is 18.4 Å². The number of nitrogens with one attached hydrogen (secondary N) is 1. The predicted octanol–water partition coefficient (Wildman–Crippen LogP) is 1.75. The molecule has 5 heteroatoms. The van der Waals surface area contributed by atoms with E-state index in [4.69, 9.17) is 10.5 Å². The SMILES string of the molecule is NC(=O)[C@@H](NC(=O)COCc1ccccc1)C1CCCCC1. The number of benzene rings is 1. The molecular formula is C17H24N2O3. The molecule has 0 spiro atoms. The van der Waals surface area contributed by atoms with E-state index in [1.807, 2.05) is 30.3 Å². The standard InChI is InChI=1S/C17H24N2O3/c18-17(21)16(14-9-5-2-6-10-14)19-15(20)12-22-11-13-7-3-1-4-8-13/h1,3-4,7-8,14,16H,2,5-6,9-12H2,(H2,18,21)(H,19,20)/t16-/m0/s1. The van der Waals surface area contributed by atoms with E-state index in [0.29, 0.717) is 6.61 Å². The van der Waals surface area contributed by atoms with E-state index < -0.39 is 11.9 Å². The number of hydrogen-bond donors (Lipinski definition) is 2. The van der Waals surface area contributed by atoms with Gasteiger partial charge in [0.15, 0.2) is 0 Å². The van der Waals surface area contributed by atoms with Gasteiger partial charge in [0.05, 0.1) is 6.61 Å². The summed E-state index contributed by atoms with van der Waals surface area (Å²) in [6, 6.07) is 9.07. The fraction of sp³-hybridized carbons (Fsp3) is 0.529. The molecule has 0 radical (unpaired) electrons. The van der Waals surface area contributed by atoms with E-state index in [9.17, 15) is 9.59 Å². The molecule has 1 aromatic rings. The van der Waals surface area contributed by atoms with Gasteiger partial charge in [-0.3, -0.25) is 9.59 Å². The molecule has 0 unspecified atom stereocenters. The van der Waals surface area contributed by atoms with Crippen LogP contribution in [-0.4, -0.2) is 24.5 Å². The average molecular weight is 304 g/mol. The van der Waals surface area contributed by atoms with Gasteiger partial charge in [-0.2, -0.15) is 0 Å². The van der Waals surface area contributed by atoms with Crippen LogP contribution in [0.5, 0.6) is 0 Å². The Morgan fingerprint density at radius 2 is 1.86 bits per heavy atom. The second-order valence-electron chi connectivity index (χ2n) is 5.82. The average Bonchev–Trinajstić information content (AvgIpc) is 2.54. The monoisotopic (exact) mass is 304 g/mol. The van der Waals surface area contributed by atoms with Crippen molar-refractivity contribution in [2.75, 3.05) is 6.61 Å². The number of primary amides is 1. The fourth-order valence-electron chi connectivity index (χ4n) is 2.94. The van der Waals surface area contributed by atoms with Crippen molar-refractivity contribution in [3.63, 3.8) is 0 Å². The number of rotatable bonds is 7. The number of carbonyl (C=O) groups is 2. The van der Waals surface area contributed by atoms with Gasteiger partial charge in [0.25, 0.3) is 0 Å². The van der Waals surface area contributed by atoms with Gasteiger partial charge in [-0.05, 0) is 24.3 Å². The molecule has 1 atom stereocenters. The van der Waals surface area contributed by atoms with Crippen molar-refractivity contribution in [2.24, 2.45) is 11.7 Å². The minimum absolute atomic E-state index is 0.0641. The molecule has 120 valence electrons. The molecule has 2 rings (SSSR count). The van der Waals surface area contributed by atoms with Crippen molar-refractivity contribution >= 4 is 11.8 Å². The summed E-state index contributed by atoms with van der Waals surface area (Å²) in [5, 5.41) is 2.73. The van der Waals surface area contributed by atoms with Crippen LogP contribution in [0.2, 0.25) is 0 Å². The van der Waals surface area contributed by atoms with Gasteiger partial charge in [-0.25, -0.2) is 0 Å². The first-order chi connectivity index (χ1) is 10.7. The number of ether oxygens (including phenoxy) is 1. The lowest BCUT2D eigenvalue weighted by molar-refractivity contribution is -0.132. The molecular weight excluding hydrogens is 280 g/mol. The fourth-order valence-corrected chi connectivity index (χ4v) is 2.94. The molecule has 0 heterocycles. The summed E-state index contributed by atoms with van der Waals surface area (Å²) >= 11 is 0. The van der Waals surface area contributed by atoms with Gasteiger partial charge in [-0.15, -0.1) is 0 Å². The molecule has 1 aliphatic carbocycles. The molecule has 1 aliphatic rings. The van der Waals surface area contributed by atoms with E-state index in [2.05, 4.69) is 5.32 Å². The summed E-state index contributed by atoms with van der Waals surface area (Å²) in [4.78, 5) is 23.5. The van der Waals surface area contributed by atoms with Crippen LogP contribution in [0.15, 0.2) is 30.3 Å². The topological polar surface area (TPSA) is 81.4 Å². The summed E-state index contributed by atoms with van der Waals surface area (Å²) in [6.45, 7) is 0.310. The second-order valence-corrected chi connectivity index (χ2v) is 5.82. The molecule has 0 aromatic heterocycles. The molecule has 22 heavy (non-hydrogen) atoms. The maximum absolute atomic E-state index is 11.9. The zero-order valence-corrected chi connectivity index (χ0v) is 12.8. The van der Waals surface area contributed by atoms with Crippen LogP contribution >= 0.6 is 0 Å². The quantitative estimate of drug-likeness (QED) is 0.805. The van der Waals surface area contributed by atoms with Gasteiger partial charge in [0.2, 0.25) is 11.8 Å². The highest BCUT2D eigenvalue weighted by Crippen LogP contribution is 2.26. The number of nitrogens with two attached hydrogens (primary N) is 1. The van der Waals surface area contributed by atoms with Gasteiger partial charge in [0.1, 0.15) is 12.6 Å². The Balaban J connectivity index is 1.77. The van der Waals surface area contributed by atoms with Gasteiger partial charge < -0.3 is 15.8 Å². The van der Waals surface area contributed by atoms with Crippen LogP contribution in [-0.2, 0) is 20.9 Å². The van der Waals surface area contributed by atoms with Crippen molar-refractivity contribution in [1.82, 2.24) is 5.32 Å². The molecule has 1 fully saturated rings. The third kappa shape index (κ3) is 5.15.